The van der Waals surface area contributed by atoms with Crippen LogP contribution in [0.3, 0.4) is 0 Å². The Balaban J connectivity index is 1.39. The zero-order chi connectivity index (χ0) is 31.2. The van der Waals surface area contributed by atoms with E-state index in [1.54, 1.807) is 29.1 Å². The van der Waals surface area contributed by atoms with Crippen molar-refractivity contribution in [2.45, 2.75) is 51.4 Å². The number of ether oxygens (including phenoxy) is 1. The van der Waals surface area contributed by atoms with Gasteiger partial charge in [0.25, 0.3) is 0 Å². The predicted octanol–water partition coefficient (Wildman–Crippen LogP) is 4.70. The lowest BCUT2D eigenvalue weighted by molar-refractivity contribution is -0.188. The van der Waals surface area contributed by atoms with Crippen LogP contribution in [0.2, 0.25) is 0 Å². The number of fused-ring (bicyclic) bond motifs is 1. The summed E-state index contributed by atoms with van der Waals surface area (Å²) in [6, 6.07) is 27.3. The van der Waals surface area contributed by atoms with E-state index in [-0.39, 0.29) is 42.8 Å². The minimum absolute atomic E-state index is 0.0262. The second-order valence-corrected chi connectivity index (χ2v) is 12.0. The van der Waals surface area contributed by atoms with Crippen molar-refractivity contribution < 1.29 is 19.1 Å². The number of hydrazine groups is 1. The number of urea groups is 1. The van der Waals surface area contributed by atoms with Gasteiger partial charge in [0.1, 0.15) is 18.0 Å². The molecule has 0 aromatic heterocycles. The second-order valence-electron chi connectivity index (χ2n) is 12.0. The Morgan fingerprint density at radius 2 is 1.55 bits per heavy atom. The Morgan fingerprint density at radius 1 is 0.932 bits per heavy atom. The number of hydrogen-bond donors (Lipinski definition) is 1. The first kappa shape index (κ1) is 31.1. The Hall–Kier alpha value is -4.37. The van der Waals surface area contributed by atoms with Gasteiger partial charge in [0.05, 0.1) is 20.2 Å². The van der Waals surface area contributed by atoms with Crippen molar-refractivity contribution in [3.05, 3.63) is 102 Å². The molecule has 3 aromatic rings. The van der Waals surface area contributed by atoms with Crippen LogP contribution in [-0.2, 0) is 16.1 Å². The first-order valence-electron chi connectivity index (χ1n) is 15.4. The number of carbonyl (C=O) groups is 3. The molecule has 0 aliphatic carbocycles. The Kier molecular flexibility index (Phi) is 9.85. The molecule has 1 N–H and O–H groups in total. The summed E-state index contributed by atoms with van der Waals surface area (Å²) in [5.41, 5.74) is 3.31. The van der Waals surface area contributed by atoms with E-state index in [4.69, 9.17) is 4.74 Å². The Labute approximate surface area is 260 Å². The van der Waals surface area contributed by atoms with Crippen molar-refractivity contribution >= 4 is 17.8 Å². The molecular formula is C35H43N5O4. The van der Waals surface area contributed by atoms with Gasteiger partial charge in [0, 0.05) is 26.1 Å². The summed E-state index contributed by atoms with van der Waals surface area (Å²) in [6.07, 6.45) is 0.642. The summed E-state index contributed by atoms with van der Waals surface area (Å²) in [6.45, 7) is 5.21. The number of piperazine rings is 1. The van der Waals surface area contributed by atoms with E-state index >= 15 is 0 Å². The molecule has 0 radical (unpaired) electrons. The molecule has 232 valence electrons. The highest BCUT2D eigenvalue weighted by molar-refractivity contribution is 5.91. The fourth-order valence-corrected chi connectivity index (χ4v) is 6.37. The van der Waals surface area contributed by atoms with Crippen LogP contribution in [-0.4, -0.2) is 83.7 Å². The van der Waals surface area contributed by atoms with E-state index in [2.05, 4.69) is 43.4 Å². The summed E-state index contributed by atoms with van der Waals surface area (Å²) in [5.74, 6) is 0.852. The van der Waals surface area contributed by atoms with E-state index in [0.717, 1.165) is 11.3 Å². The van der Waals surface area contributed by atoms with Crippen LogP contribution in [0.25, 0.3) is 0 Å². The highest BCUT2D eigenvalue weighted by Gasteiger charge is 2.50. The van der Waals surface area contributed by atoms with Gasteiger partial charge in [-0.25, -0.2) is 14.8 Å². The fourth-order valence-electron chi connectivity index (χ4n) is 6.37. The molecule has 0 saturated carbocycles. The van der Waals surface area contributed by atoms with E-state index in [1.807, 2.05) is 65.6 Å². The quantitative estimate of drug-likeness (QED) is 0.366. The van der Waals surface area contributed by atoms with Crippen molar-refractivity contribution in [1.29, 1.82) is 0 Å². The number of methoxy groups -OCH3 is 1. The van der Waals surface area contributed by atoms with Gasteiger partial charge in [0.2, 0.25) is 11.8 Å². The minimum atomic E-state index is -0.626. The van der Waals surface area contributed by atoms with Crippen LogP contribution in [0.1, 0.15) is 49.3 Å². The topological polar surface area (TPSA) is 85.4 Å². The summed E-state index contributed by atoms with van der Waals surface area (Å²) in [7, 11) is 3.37. The molecule has 0 spiro atoms. The van der Waals surface area contributed by atoms with E-state index in [1.165, 1.54) is 11.1 Å². The van der Waals surface area contributed by atoms with Crippen LogP contribution in [0, 0.1) is 5.92 Å². The maximum Gasteiger partial charge on any atom is 0.334 e. The molecular weight excluding hydrogens is 554 g/mol. The lowest BCUT2D eigenvalue weighted by Crippen LogP contribution is -2.76. The number of hydrogen-bond acceptors (Lipinski definition) is 5. The van der Waals surface area contributed by atoms with Crippen LogP contribution < -0.4 is 10.1 Å². The number of carbonyl (C=O) groups excluding carboxylic acids is 3. The zero-order valence-corrected chi connectivity index (χ0v) is 26.1. The first-order chi connectivity index (χ1) is 21.3. The lowest BCUT2D eigenvalue weighted by Gasteiger charge is -2.54. The van der Waals surface area contributed by atoms with Crippen LogP contribution in [0.4, 0.5) is 4.79 Å². The number of nitrogens with zero attached hydrogens (tertiary/aromatic N) is 4. The normalized spacial score (nSPS) is 19.0. The average Bonchev–Trinajstić information content (AvgIpc) is 3.02. The summed E-state index contributed by atoms with van der Waals surface area (Å²) in [5, 5.41) is 6.31. The first-order valence-corrected chi connectivity index (χ1v) is 15.4. The molecule has 3 aromatic carbocycles. The third-order valence-electron chi connectivity index (χ3n) is 8.54. The van der Waals surface area contributed by atoms with E-state index < -0.39 is 12.2 Å². The highest BCUT2D eigenvalue weighted by Crippen LogP contribution is 2.32. The van der Waals surface area contributed by atoms with Crippen molar-refractivity contribution in [2.75, 3.05) is 33.8 Å². The smallest absolute Gasteiger partial charge is 0.334 e. The van der Waals surface area contributed by atoms with E-state index in [9.17, 15) is 14.4 Å². The molecule has 0 bridgehead atoms. The van der Waals surface area contributed by atoms with Gasteiger partial charge in [-0.3, -0.25) is 9.59 Å². The molecule has 0 unspecified atom stereocenters. The molecule has 2 saturated heterocycles. The molecule has 2 heterocycles. The molecule has 9 nitrogen and oxygen atoms in total. The molecule has 5 rings (SSSR count). The maximum atomic E-state index is 14.1. The third-order valence-corrected chi connectivity index (χ3v) is 8.54. The molecule has 2 atom stereocenters. The van der Waals surface area contributed by atoms with Gasteiger partial charge < -0.3 is 19.9 Å². The van der Waals surface area contributed by atoms with Crippen LogP contribution in [0.5, 0.6) is 5.75 Å². The SMILES string of the molecule is COc1ccc(CNC(=O)N2[C@H]3CN(CCC(c4ccccc4)c4ccccc4)C(=O)[C@H](CC(C)C)N3C(=O)CN2C)cc1. The monoisotopic (exact) mass is 597 g/mol. The van der Waals surface area contributed by atoms with Gasteiger partial charge in [0.15, 0.2) is 0 Å². The number of rotatable bonds is 10. The Bertz CT molecular complexity index is 1380. The Morgan fingerprint density at radius 3 is 2.11 bits per heavy atom. The minimum Gasteiger partial charge on any atom is -0.497 e. The van der Waals surface area contributed by atoms with Crippen molar-refractivity contribution in [3.63, 3.8) is 0 Å². The van der Waals surface area contributed by atoms with Gasteiger partial charge in [-0.05, 0) is 47.6 Å². The lowest BCUT2D eigenvalue weighted by atomic mass is 9.88. The van der Waals surface area contributed by atoms with Crippen molar-refractivity contribution in [2.24, 2.45) is 5.92 Å². The van der Waals surface area contributed by atoms with Crippen molar-refractivity contribution in [3.8, 4) is 5.75 Å². The standard InChI is InChI=1S/C35H43N5O4/c1-25(2)21-31-34(42)38(20-19-30(27-11-7-5-8-12-27)28-13-9-6-10-14-28)23-32-39(31)33(41)24-37(3)40(32)35(43)36-22-26-15-17-29(44-4)18-16-26/h5-18,25,30-32H,19-24H2,1-4H3,(H,36,43)/t31-,32-/m0/s1. The number of benzene rings is 3. The van der Waals surface area contributed by atoms with Gasteiger partial charge in [-0.15, -0.1) is 0 Å². The molecule has 4 amide bonds. The average molecular weight is 598 g/mol. The third kappa shape index (κ3) is 6.89. The van der Waals surface area contributed by atoms with E-state index in [0.29, 0.717) is 25.9 Å². The molecule has 44 heavy (non-hydrogen) atoms. The summed E-state index contributed by atoms with van der Waals surface area (Å²) >= 11 is 0. The molecule has 2 aliphatic rings. The van der Waals surface area contributed by atoms with Crippen LogP contribution in [0.15, 0.2) is 84.9 Å². The highest BCUT2D eigenvalue weighted by atomic mass is 16.5. The predicted molar refractivity (Wildman–Crippen MR) is 169 cm³/mol. The number of amides is 4. The summed E-state index contributed by atoms with van der Waals surface area (Å²) in [4.78, 5) is 44.8. The van der Waals surface area contributed by atoms with Crippen molar-refractivity contribution in [1.82, 2.24) is 25.1 Å². The van der Waals surface area contributed by atoms with Gasteiger partial charge in [-0.1, -0.05) is 86.6 Å². The maximum absolute atomic E-state index is 14.1. The second kappa shape index (κ2) is 13.9. The zero-order valence-electron chi connectivity index (χ0n) is 26.1. The van der Waals surface area contributed by atoms with Gasteiger partial charge >= 0.3 is 6.03 Å². The number of nitrogens with one attached hydrogen (secondary N) is 1. The molecule has 9 heteroatoms. The fraction of sp³-hybridized carbons (Fsp3) is 0.400. The van der Waals surface area contributed by atoms with Gasteiger partial charge in [-0.2, -0.15) is 0 Å². The van der Waals surface area contributed by atoms with Crippen LogP contribution >= 0.6 is 0 Å². The largest absolute Gasteiger partial charge is 0.497 e. The summed E-state index contributed by atoms with van der Waals surface area (Å²) < 4.78 is 5.24. The molecule has 2 aliphatic heterocycles. The number of likely N-dealkylation sites (N-methyl/N-ethyl adjacent to an activating group) is 1. The molecule has 2 fully saturated rings.